The zero-order chi connectivity index (χ0) is 16.2. The van der Waals surface area contributed by atoms with Gasteiger partial charge in [0.05, 0.1) is 19.1 Å². The van der Waals surface area contributed by atoms with E-state index in [1.807, 2.05) is 6.07 Å². The molecule has 0 amide bonds. The number of benzene rings is 2. The highest BCUT2D eigenvalue weighted by molar-refractivity contribution is 7.89. The summed E-state index contributed by atoms with van der Waals surface area (Å²) in [7, 11) is -0.452. The summed E-state index contributed by atoms with van der Waals surface area (Å²) in [6.45, 7) is 1.95. The second kappa shape index (κ2) is 6.81. The van der Waals surface area contributed by atoms with E-state index < -0.39 is 10.0 Å². The molecule has 0 fully saturated rings. The van der Waals surface area contributed by atoms with Crippen molar-refractivity contribution in [3.63, 3.8) is 0 Å². The Morgan fingerprint density at radius 1 is 1.00 bits per heavy atom. The molecular weight excluding hydrogens is 302 g/mol. The van der Waals surface area contributed by atoms with Crippen molar-refractivity contribution >= 4 is 10.0 Å². The number of rotatable bonds is 6. The van der Waals surface area contributed by atoms with Gasteiger partial charge >= 0.3 is 0 Å². The highest BCUT2D eigenvalue weighted by atomic mass is 32.2. The van der Waals surface area contributed by atoms with Crippen LogP contribution < -0.4 is 14.2 Å². The molecule has 0 aliphatic heterocycles. The Kier molecular flexibility index (Phi) is 5.05. The fourth-order valence-corrected chi connectivity index (χ4v) is 3.37. The van der Waals surface area contributed by atoms with Gasteiger partial charge in [-0.05, 0) is 36.2 Å². The highest BCUT2D eigenvalue weighted by Gasteiger charge is 2.16. The zero-order valence-corrected chi connectivity index (χ0v) is 13.6. The Balaban J connectivity index is 2.18. The summed E-state index contributed by atoms with van der Waals surface area (Å²) in [5, 5.41) is 0. The van der Waals surface area contributed by atoms with Crippen molar-refractivity contribution < 1.29 is 17.9 Å². The van der Waals surface area contributed by atoms with E-state index in [4.69, 9.17) is 9.47 Å². The lowest BCUT2D eigenvalue weighted by Gasteiger charge is -2.11. The van der Waals surface area contributed by atoms with Gasteiger partial charge in [-0.2, -0.15) is 0 Å². The van der Waals surface area contributed by atoms with Crippen LogP contribution in [0.4, 0.5) is 0 Å². The second-order valence-corrected chi connectivity index (χ2v) is 6.51. The van der Waals surface area contributed by atoms with Crippen LogP contribution in [0.5, 0.6) is 11.5 Å². The van der Waals surface area contributed by atoms with Crippen LogP contribution in [0.15, 0.2) is 47.4 Å². The molecular formula is C16H19NO4S. The molecule has 118 valence electrons. The first kappa shape index (κ1) is 16.3. The normalized spacial score (nSPS) is 11.2. The summed E-state index contributed by atoms with van der Waals surface area (Å²) >= 11 is 0. The fourth-order valence-electron chi connectivity index (χ4n) is 2.10. The van der Waals surface area contributed by atoms with Crippen LogP contribution >= 0.6 is 0 Å². The molecule has 0 bridgehead atoms. The summed E-state index contributed by atoms with van der Waals surface area (Å²) in [6, 6.07) is 12.2. The molecule has 5 nitrogen and oxygen atoms in total. The van der Waals surface area contributed by atoms with Crippen molar-refractivity contribution in [2.75, 3.05) is 14.2 Å². The van der Waals surface area contributed by atoms with Crippen molar-refractivity contribution in [2.45, 2.75) is 18.4 Å². The average molecular weight is 321 g/mol. The number of methoxy groups -OCH3 is 2. The molecule has 0 radical (unpaired) electrons. The zero-order valence-electron chi connectivity index (χ0n) is 12.8. The second-order valence-electron chi connectivity index (χ2n) is 4.78. The predicted molar refractivity (Wildman–Crippen MR) is 84.8 cm³/mol. The molecule has 0 heterocycles. The van der Waals surface area contributed by atoms with E-state index in [0.29, 0.717) is 17.1 Å². The van der Waals surface area contributed by atoms with Crippen LogP contribution in [0.25, 0.3) is 0 Å². The molecule has 0 aliphatic carbocycles. The lowest BCUT2D eigenvalue weighted by atomic mass is 10.2. The van der Waals surface area contributed by atoms with Crippen molar-refractivity contribution in [1.29, 1.82) is 0 Å². The van der Waals surface area contributed by atoms with Gasteiger partial charge in [-0.3, -0.25) is 0 Å². The van der Waals surface area contributed by atoms with E-state index in [1.54, 1.807) is 57.5 Å². The van der Waals surface area contributed by atoms with Crippen LogP contribution in [-0.4, -0.2) is 22.6 Å². The monoisotopic (exact) mass is 321 g/mol. The van der Waals surface area contributed by atoms with Crippen LogP contribution in [-0.2, 0) is 16.6 Å². The molecule has 6 heteroatoms. The summed E-state index contributed by atoms with van der Waals surface area (Å²) in [6.07, 6.45) is 0. The standard InChI is InChI=1S/C16H19NO4S/c1-12-6-4-5-7-16(12)22(18,19)17-11-13-8-9-14(20-2)15(10-13)21-3/h4-10,17H,11H2,1-3H3. The first-order valence-corrected chi connectivity index (χ1v) is 8.22. The van der Waals surface area contributed by atoms with Crippen molar-refractivity contribution in [1.82, 2.24) is 4.72 Å². The quantitative estimate of drug-likeness (QED) is 0.888. The van der Waals surface area contributed by atoms with Crippen molar-refractivity contribution in [3.05, 3.63) is 53.6 Å². The van der Waals surface area contributed by atoms with Crippen LogP contribution in [0.2, 0.25) is 0 Å². The first-order valence-electron chi connectivity index (χ1n) is 6.74. The van der Waals surface area contributed by atoms with Gasteiger partial charge in [0.15, 0.2) is 11.5 Å². The van der Waals surface area contributed by atoms with E-state index in [2.05, 4.69) is 4.72 Å². The van der Waals surface area contributed by atoms with E-state index in [9.17, 15) is 8.42 Å². The molecule has 22 heavy (non-hydrogen) atoms. The SMILES string of the molecule is COc1ccc(CNS(=O)(=O)c2ccccc2C)cc1OC. The molecule has 0 unspecified atom stereocenters. The molecule has 0 spiro atoms. The van der Waals surface area contributed by atoms with E-state index >= 15 is 0 Å². The van der Waals surface area contributed by atoms with E-state index in [-0.39, 0.29) is 11.4 Å². The van der Waals surface area contributed by atoms with Gasteiger partial charge in [0, 0.05) is 6.54 Å². The Morgan fingerprint density at radius 3 is 2.32 bits per heavy atom. The number of hydrogen-bond donors (Lipinski definition) is 1. The predicted octanol–water partition coefficient (Wildman–Crippen LogP) is 2.49. The third-order valence-electron chi connectivity index (χ3n) is 3.30. The maximum absolute atomic E-state index is 12.3. The van der Waals surface area contributed by atoms with Gasteiger partial charge in [0.1, 0.15) is 0 Å². The van der Waals surface area contributed by atoms with Gasteiger partial charge in [-0.25, -0.2) is 13.1 Å². The molecule has 1 N–H and O–H groups in total. The summed E-state index contributed by atoms with van der Waals surface area (Å²) in [4.78, 5) is 0.287. The van der Waals surface area contributed by atoms with Crippen LogP contribution in [0, 0.1) is 6.92 Å². The first-order chi connectivity index (χ1) is 10.5. The lowest BCUT2D eigenvalue weighted by Crippen LogP contribution is -2.24. The molecule has 0 atom stereocenters. The topological polar surface area (TPSA) is 64.6 Å². The molecule has 0 saturated heterocycles. The third-order valence-corrected chi connectivity index (χ3v) is 4.86. The number of hydrogen-bond acceptors (Lipinski definition) is 4. The van der Waals surface area contributed by atoms with Gasteiger partial charge in [-0.1, -0.05) is 24.3 Å². The van der Waals surface area contributed by atoms with E-state index in [1.165, 1.54) is 0 Å². The van der Waals surface area contributed by atoms with Gasteiger partial charge in [0.25, 0.3) is 0 Å². The minimum Gasteiger partial charge on any atom is -0.493 e. The van der Waals surface area contributed by atoms with Gasteiger partial charge < -0.3 is 9.47 Å². The van der Waals surface area contributed by atoms with Crippen LogP contribution in [0.3, 0.4) is 0 Å². The maximum Gasteiger partial charge on any atom is 0.241 e. The molecule has 0 saturated carbocycles. The summed E-state index contributed by atoms with van der Waals surface area (Å²) in [5.41, 5.74) is 1.50. The Labute approximate surface area is 130 Å². The largest absolute Gasteiger partial charge is 0.493 e. The molecule has 0 aromatic heterocycles. The third kappa shape index (κ3) is 3.58. The number of nitrogens with one attached hydrogen (secondary N) is 1. The maximum atomic E-state index is 12.3. The fraction of sp³-hybridized carbons (Fsp3) is 0.250. The van der Waals surface area contributed by atoms with Gasteiger partial charge in [0.2, 0.25) is 10.0 Å². The van der Waals surface area contributed by atoms with Gasteiger partial charge in [-0.15, -0.1) is 0 Å². The number of sulfonamides is 1. The summed E-state index contributed by atoms with van der Waals surface area (Å²) < 4.78 is 37.6. The Bertz CT molecular complexity index is 756. The molecule has 2 aromatic carbocycles. The molecule has 0 aliphatic rings. The Morgan fingerprint density at radius 2 is 1.68 bits per heavy atom. The van der Waals surface area contributed by atoms with Crippen molar-refractivity contribution in [2.24, 2.45) is 0 Å². The number of aryl methyl sites for hydroxylation is 1. The Hall–Kier alpha value is -2.05. The van der Waals surface area contributed by atoms with Crippen molar-refractivity contribution in [3.8, 4) is 11.5 Å². The lowest BCUT2D eigenvalue weighted by molar-refractivity contribution is 0.354. The smallest absolute Gasteiger partial charge is 0.241 e. The molecule has 2 rings (SSSR count). The minimum absolute atomic E-state index is 0.178. The summed E-state index contributed by atoms with van der Waals surface area (Å²) in [5.74, 6) is 1.17. The van der Waals surface area contributed by atoms with E-state index in [0.717, 1.165) is 5.56 Å². The highest BCUT2D eigenvalue weighted by Crippen LogP contribution is 2.27. The number of ether oxygens (including phenoxy) is 2. The molecule has 2 aromatic rings. The minimum atomic E-state index is -3.55. The van der Waals surface area contributed by atoms with Crippen LogP contribution in [0.1, 0.15) is 11.1 Å². The average Bonchev–Trinajstić information content (AvgIpc) is 2.53.